The summed E-state index contributed by atoms with van der Waals surface area (Å²) in [5.41, 5.74) is 1.25. The predicted octanol–water partition coefficient (Wildman–Crippen LogP) is 3.88. The molecule has 0 amide bonds. The minimum absolute atomic E-state index is 0.209. The Morgan fingerprint density at radius 1 is 1.18 bits per heavy atom. The standard InChI is InChI=1S/C17H11ClO4/c1-10(19)21-13-6-7-14-15(9-13)22-16(17(14)20)8-11-2-4-12(18)5-3-11/h2-9H,1H3/b16-8-. The summed E-state index contributed by atoms with van der Waals surface area (Å²) in [5.74, 6) is 0.300. The highest BCUT2D eigenvalue weighted by atomic mass is 35.5. The van der Waals surface area contributed by atoms with E-state index in [4.69, 9.17) is 21.1 Å². The van der Waals surface area contributed by atoms with Crippen LogP contribution >= 0.6 is 11.6 Å². The molecule has 3 rings (SSSR count). The largest absolute Gasteiger partial charge is 0.452 e. The number of hydrogen-bond donors (Lipinski definition) is 0. The lowest BCUT2D eigenvalue weighted by Gasteiger charge is -2.02. The van der Waals surface area contributed by atoms with Gasteiger partial charge in [-0.3, -0.25) is 9.59 Å². The predicted molar refractivity (Wildman–Crippen MR) is 82.1 cm³/mol. The second-order valence-corrected chi connectivity index (χ2v) is 5.18. The van der Waals surface area contributed by atoms with Gasteiger partial charge in [0, 0.05) is 18.0 Å². The zero-order valence-electron chi connectivity index (χ0n) is 11.6. The Labute approximate surface area is 131 Å². The van der Waals surface area contributed by atoms with Gasteiger partial charge in [0.2, 0.25) is 5.78 Å². The van der Waals surface area contributed by atoms with Crippen molar-refractivity contribution in [3.63, 3.8) is 0 Å². The van der Waals surface area contributed by atoms with Gasteiger partial charge in [-0.15, -0.1) is 0 Å². The topological polar surface area (TPSA) is 52.6 Å². The molecule has 5 heteroatoms. The summed E-state index contributed by atoms with van der Waals surface area (Å²) in [5, 5.41) is 0.620. The van der Waals surface area contributed by atoms with Crippen LogP contribution in [0.3, 0.4) is 0 Å². The number of carbonyl (C=O) groups is 2. The summed E-state index contributed by atoms with van der Waals surface area (Å²) < 4.78 is 10.5. The van der Waals surface area contributed by atoms with E-state index in [9.17, 15) is 9.59 Å². The number of Topliss-reactive ketones (excluding diaryl/α,β-unsaturated/α-hetero) is 1. The van der Waals surface area contributed by atoms with Crippen LogP contribution in [0.25, 0.3) is 6.08 Å². The Balaban J connectivity index is 1.90. The molecule has 0 unspecified atom stereocenters. The normalized spacial score (nSPS) is 14.6. The molecule has 0 saturated carbocycles. The number of allylic oxidation sites excluding steroid dienone is 1. The van der Waals surface area contributed by atoms with Gasteiger partial charge in [-0.2, -0.15) is 0 Å². The Hall–Kier alpha value is -2.59. The molecule has 1 aliphatic heterocycles. The Morgan fingerprint density at radius 2 is 1.91 bits per heavy atom. The van der Waals surface area contributed by atoms with Crippen molar-refractivity contribution in [2.75, 3.05) is 0 Å². The van der Waals surface area contributed by atoms with Gasteiger partial charge in [-0.1, -0.05) is 23.7 Å². The van der Waals surface area contributed by atoms with E-state index in [1.165, 1.54) is 13.0 Å². The first-order valence-corrected chi connectivity index (χ1v) is 6.93. The fourth-order valence-electron chi connectivity index (χ4n) is 2.11. The summed E-state index contributed by atoms with van der Waals surface area (Å²) >= 11 is 5.83. The van der Waals surface area contributed by atoms with Crippen molar-refractivity contribution < 1.29 is 19.1 Å². The van der Waals surface area contributed by atoms with E-state index >= 15 is 0 Å². The molecule has 0 bridgehead atoms. The van der Waals surface area contributed by atoms with Crippen molar-refractivity contribution >= 4 is 29.4 Å². The van der Waals surface area contributed by atoms with Crippen LogP contribution < -0.4 is 9.47 Å². The van der Waals surface area contributed by atoms with Gasteiger partial charge in [0.1, 0.15) is 11.5 Å². The molecular formula is C17H11ClO4. The number of carbonyl (C=O) groups excluding carboxylic acids is 2. The van der Waals surface area contributed by atoms with Crippen molar-refractivity contribution in [2.45, 2.75) is 6.92 Å². The Morgan fingerprint density at radius 3 is 2.59 bits per heavy atom. The molecular weight excluding hydrogens is 304 g/mol. The fraction of sp³-hybridized carbons (Fsp3) is 0.0588. The molecule has 0 aromatic heterocycles. The average molecular weight is 315 g/mol. The summed E-state index contributed by atoms with van der Waals surface area (Å²) in [6, 6.07) is 11.7. The maximum absolute atomic E-state index is 12.3. The minimum atomic E-state index is -0.429. The first-order chi connectivity index (χ1) is 10.5. The lowest BCUT2D eigenvalue weighted by molar-refractivity contribution is -0.131. The van der Waals surface area contributed by atoms with Gasteiger partial charge < -0.3 is 9.47 Å². The summed E-state index contributed by atoms with van der Waals surface area (Å²) in [7, 11) is 0. The van der Waals surface area contributed by atoms with Crippen molar-refractivity contribution in [1.29, 1.82) is 0 Å². The van der Waals surface area contributed by atoms with Gasteiger partial charge in [-0.25, -0.2) is 0 Å². The molecule has 1 heterocycles. The fourth-order valence-corrected chi connectivity index (χ4v) is 2.23. The molecule has 110 valence electrons. The summed E-state index contributed by atoms with van der Waals surface area (Å²) in [6.45, 7) is 1.31. The van der Waals surface area contributed by atoms with Crippen molar-refractivity contribution in [1.82, 2.24) is 0 Å². The van der Waals surface area contributed by atoms with E-state index in [1.54, 1.807) is 42.5 Å². The van der Waals surface area contributed by atoms with E-state index in [0.717, 1.165) is 5.56 Å². The third-order valence-corrected chi connectivity index (χ3v) is 3.32. The number of hydrogen-bond acceptors (Lipinski definition) is 4. The van der Waals surface area contributed by atoms with Gasteiger partial charge in [-0.05, 0) is 35.9 Å². The first kappa shape index (κ1) is 14.4. The third kappa shape index (κ3) is 2.87. The number of benzene rings is 2. The average Bonchev–Trinajstić information content (AvgIpc) is 2.77. The zero-order chi connectivity index (χ0) is 15.7. The van der Waals surface area contributed by atoms with Gasteiger partial charge >= 0.3 is 5.97 Å². The highest BCUT2D eigenvalue weighted by Crippen LogP contribution is 2.34. The Bertz CT molecular complexity index is 791. The van der Waals surface area contributed by atoms with E-state index in [0.29, 0.717) is 22.1 Å². The second-order valence-electron chi connectivity index (χ2n) is 4.74. The smallest absolute Gasteiger partial charge is 0.308 e. The monoisotopic (exact) mass is 314 g/mol. The molecule has 0 aliphatic carbocycles. The van der Waals surface area contributed by atoms with Crippen LogP contribution in [0.1, 0.15) is 22.8 Å². The number of halogens is 1. The maximum Gasteiger partial charge on any atom is 0.308 e. The van der Waals surface area contributed by atoms with Crippen molar-refractivity contribution in [2.24, 2.45) is 0 Å². The van der Waals surface area contributed by atoms with Crippen LogP contribution in [0.15, 0.2) is 48.2 Å². The van der Waals surface area contributed by atoms with Gasteiger partial charge in [0.05, 0.1) is 5.56 Å². The van der Waals surface area contributed by atoms with Crippen LogP contribution in [0.4, 0.5) is 0 Å². The molecule has 0 spiro atoms. The van der Waals surface area contributed by atoms with Crippen molar-refractivity contribution in [3.8, 4) is 11.5 Å². The van der Waals surface area contributed by atoms with Crippen LogP contribution in [-0.4, -0.2) is 11.8 Å². The molecule has 0 radical (unpaired) electrons. The maximum atomic E-state index is 12.3. The number of rotatable bonds is 2. The quantitative estimate of drug-likeness (QED) is 0.479. The number of ketones is 1. The second kappa shape index (κ2) is 5.66. The van der Waals surface area contributed by atoms with Crippen LogP contribution in [0.2, 0.25) is 5.02 Å². The molecule has 0 saturated heterocycles. The first-order valence-electron chi connectivity index (χ1n) is 6.55. The lowest BCUT2D eigenvalue weighted by atomic mass is 10.1. The summed E-state index contributed by atoms with van der Waals surface area (Å²) in [6.07, 6.45) is 1.64. The highest BCUT2D eigenvalue weighted by molar-refractivity contribution is 6.30. The molecule has 4 nitrogen and oxygen atoms in total. The van der Waals surface area contributed by atoms with E-state index in [-0.39, 0.29) is 11.5 Å². The third-order valence-electron chi connectivity index (χ3n) is 3.07. The molecule has 0 atom stereocenters. The van der Waals surface area contributed by atoms with E-state index in [2.05, 4.69) is 0 Å². The minimum Gasteiger partial charge on any atom is -0.452 e. The number of ether oxygens (including phenoxy) is 2. The Kier molecular flexibility index (Phi) is 3.69. The number of esters is 1. The molecule has 2 aromatic rings. The van der Waals surface area contributed by atoms with E-state index < -0.39 is 5.97 Å². The lowest BCUT2D eigenvalue weighted by Crippen LogP contribution is -2.01. The van der Waals surface area contributed by atoms with Crippen LogP contribution in [-0.2, 0) is 4.79 Å². The number of fused-ring (bicyclic) bond motifs is 1. The van der Waals surface area contributed by atoms with Crippen LogP contribution in [0, 0.1) is 0 Å². The zero-order valence-corrected chi connectivity index (χ0v) is 12.4. The highest BCUT2D eigenvalue weighted by Gasteiger charge is 2.27. The SMILES string of the molecule is CC(=O)Oc1ccc2c(c1)O/C(=C\c1ccc(Cl)cc1)C2=O. The summed E-state index contributed by atoms with van der Waals surface area (Å²) in [4.78, 5) is 23.2. The molecule has 2 aromatic carbocycles. The van der Waals surface area contributed by atoms with Gasteiger partial charge in [0.15, 0.2) is 5.76 Å². The van der Waals surface area contributed by atoms with Gasteiger partial charge in [0.25, 0.3) is 0 Å². The molecule has 22 heavy (non-hydrogen) atoms. The van der Waals surface area contributed by atoms with Crippen LogP contribution in [0.5, 0.6) is 11.5 Å². The van der Waals surface area contributed by atoms with E-state index in [1.807, 2.05) is 0 Å². The molecule has 1 aliphatic rings. The molecule has 0 fully saturated rings. The van der Waals surface area contributed by atoms with Crippen molar-refractivity contribution in [3.05, 3.63) is 64.4 Å². The molecule has 0 N–H and O–H groups in total.